The minimum atomic E-state index is 0.326. The number of benzene rings is 1. The molecule has 1 aromatic carbocycles. The summed E-state index contributed by atoms with van der Waals surface area (Å²) >= 11 is 11.0. The lowest BCUT2D eigenvalue weighted by Crippen LogP contribution is -2.40. The van der Waals surface area contributed by atoms with E-state index in [4.69, 9.17) is 34.3 Å². The SMILES string of the molecule is CCOC1CC(Nc2ccc(C(N)=S)c(Cl)c2)C1. The van der Waals surface area contributed by atoms with Crippen molar-refractivity contribution in [2.45, 2.75) is 31.9 Å². The summed E-state index contributed by atoms with van der Waals surface area (Å²) < 4.78 is 5.52. The second-order valence-corrected chi connectivity index (χ2v) is 5.30. The van der Waals surface area contributed by atoms with Crippen LogP contribution in [0.4, 0.5) is 5.69 Å². The topological polar surface area (TPSA) is 47.3 Å². The molecular weight excluding hydrogens is 268 g/mol. The van der Waals surface area contributed by atoms with E-state index in [2.05, 4.69) is 5.32 Å². The van der Waals surface area contributed by atoms with Crippen LogP contribution in [0.25, 0.3) is 0 Å². The van der Waals surface area contributed by atoms with Gasteiger partial charge < -0.3 is 15.8 Å². The predicted octanol–water partition coefficient (Wildman–Crippen LogP) is 2.95. The van der Waals surface area contributed by atoms with Crippen molar-refractivity contribution < 1.29 is 4.74 Å². The molecule has 2 rings (SSSR count). The van der Waals surface area contributed by atoms with E-state index in [-0.39, 0.29) is 0 Å². The number of thiocarbonyl (C=S) groups is 1. The number of ether oxygens (including phenoxy) is 1. The van der Waals surface area contributed by atoms with E-state index in [9.17, 15) is 0 Å². The van der Waals surface area contributed by atoms with Crippen molar-refractivity contribution in [3.8, 4) is 0 Å². The van der Waals surface area contributed by atoms with Gasteiger partial charge in [-0.05, 0) is 38.0 Å². The molecule has 98 valence electrons. The fourth-order valence-corrected chi connectivity index (χ4v) is 2.61. The molecule has 0 aliphatic heterocycles. The highest BCUT2D eigenvalue weighted by Crippen LogP contribution is 2.28. The molecule has 1 aromatic rings. The van der Waals surface area contributed by atoms with Crippen LogP contribution in [0.15, 0.2) is 18.2 Å². The van der Waals surface area contributed by atoms with Crippen LogP contribution in [-0.4, -0.2) is 23.7 Å². The van der Waals surface area contributed by atoms with Crippen molar-refractivity contribution in [1.82, 2.24) is 0 Å². The molecular formula is C13H17ClN2OS. The van der Waals surface area contributed by atoms with Gasteiger partial charge in [0.2, 0.25) is 0 Å². The molecule has 0 unspecified atom stereocenters. The van der Waals surface area contributed by atoms with E-state index in [0.29, 0.717) is 22.2 Å². The van der Waals surface area contributed by atoms with Crippen LogP contribution in [0.1, 0.15) is 25.3 Å². The number of anilines is 1. The van der Waals surface area contributed by atoms with Gasteiger partial charge in [0, 0.05) is 23.9 Å². The van der Waals surface area contributed by atoms with Gasteiger partial charge >= 0.3 is 0 Å². The third-order valence-electron chi connectivity index (χ3n) is 3.10. The monoisotopic (exact) mass is 284 g/mol. The largest absolute Gasteiger partial charge is 0.389 e. The summed E-state index contributed by atoms with van der Waals surface area (Å²) in [6.45, 7) is 2.81. The average molecular weight is 285 g/mol. The fraction of sp³-hybridized carbons (Fsp3) is 0.462. The minimum absolute atomic E-state index is 0.326. The molecule has 1 saturated carbocycles. The lowest BCUT2D eigenvalue weighted by Gasteiger charge is -2.36. The Bertz CT molecular complexity index is 447. The Hall–Kier alpha value is -0.840. The molecule has 5 heteroatoms. The molecule has 0 radical (unpaired) electrons. The molecule has 1 aliphatic rings. The molecule has 0 atom stereocenters. The first-order valence-corrected chi connectivity index (χ1v) is 6.86. The molecule has 0 heterocycles. The van der Waals surface area contributed by atoms with E-state index in [1.54, 1.807) is 0 Å². The number of nitrogens with one attached hydrogen (secondary N) is 1. The third kappa shape index (κ3) is 3.13. The number of hydrogen-bond acceptors (Lipinski definition) is 3. The zero-order valence-electron chi connectivity index (χ0n) is 10.3. The molecule has 0 bridgehead atoms. The van der Waals surface area contributed by atoms with Gasteiger partial charge in [-0.3, -0.25) is 0 Å². The summed E-state index contributed by atoms with van der Waals surface area (Å²) in [7, 11) is 0. The molecule has 0 amide bonds. The zero-order chi connectivity index (χ0) is 13.1. The Labute approximate surface area is 118 Å². The van der Waals surface area contributed by atoms with Crippen LogP contribution < -0.4 is 11.1 Å². The second kappa shape index (κ2) is 5.87. The highest BCUT2D eigenvalue weighted by molar-refractivity contribution is 7.80. The van der Waals surface area contributed by atoms with Crippen molar-refractivity contribution in [2.24, 2.45) is 5.73 Å². The van der Waals surface area contributed by atoms with E-state index in [1.807, 2.05) is 25.1 Å². The van der Waals surface area contributed by atoms with Crippen molar-refractivity contribution in [3.05, 3.63) is 28.8 Å². The number of nitrogens with two attached hydrogens (primary N) is 1. The maximum atomic E-state index is 6.12. The Morgan fingerprint density at radius 3 is 2.83 bits per heavy atom. The van der Waals surface area contributed by atoms with Gasteiger partial charge in [0.1, 0.15) is 4.99 Å². The molecule has 1 aliphatic carbocycles. The lowest BCUT2D eigenvalue weighted by molar-refractivity contribution is 0.00299. The summed E-state index contributed by atoms with van der Waals surface area (Å²) in [4.78, 5) is 0.326. The van der Waals surface area contributed by atoms with Crippen molar-refractivity contribution >= 4 is 34.5 Å². The van der Waals surface area contributed by atoms with E-state index >= 15 is 0 Å². The maximum Gasteiger partial charge on any atom is 0.105 e. The zero-order valence-corrected chi connectivity index (χ0v) is 11.9. The van der Waals surface area contributed by atoms with Gasteiger partial charge in [-0.25, -0.2) is 0 Å². The summed E-state index contributed by atoms with van der Waals surface area (Å²) in [5, 5.41) is 4.02. The number of hydrogen-bond donors (Lipinski definition) is 2. The Morgan fingerprint density at radius 2 is 2.28 bits per heavy atom. The first-order valence-electron chi connectivity index (χ1n) is 6.07. The quantitative estimate of drug-likeness (QED) is 0.816. The van der Waals surface area contributed by atoms with Gasteiger partial charge in [-0.2, -0.15) is 0 Å². The van der Waals surface area contributed by atoms with Crippen LogP contribution in [0.3, 0.4) is 0 Å². The van der Waals surface area contributed by atoms with Crippen LogP contribution in [0.2, 0.25) is 5.02 Å². The summed E-state index contributed by atoms with van der Waals surface area (Å²) in [6.07, 6.45) is 2.49. The minimum Gasteiger partial charge on any atom is -0.389 e. The van der Waals surface area contributed by atoms with Crippen molar-refractivity contribution in [3.63, 3.8) is 0 Å². The standard InChI is InChI=1S/C13H17ClN2OS/c1-2-17-10-5-9(6-10)16-8-3-4-11(13(15)18)12(14)7-8/h3-4,7,9-10,16H,2,5-6H2,1H3,(H2,15,18). The Kier molecular flexibility index (Phi) is 4.43. The summed E-state index contributed by atoms with van der Waals surface area (Å²) in [5.74, 6) is 0. The van der Waals surface area contributed by atoms with Crippen LogP contribution in [0, 0.1) is 0 Å². The maximum absolute atomic E-state index is 6.12. The highest BCUT2D eigenvalue weighted by atomic mass is 35.5. The number of rotatable bonds is 5. The average Bonchev–Trinajstić information content (AvgIpc) is 2.26. The Balaban J connectivity index is 1.92. The highest BCUT2D eigenvalue weighted by Gasteiger charge is 2.29. The van der Waals surface area contributed by atoms with E-state index < -0.39 is 0 Å². The normalized spacial score (nSPS) is 22.3. The molecule has 3 nitrogen and oxygen atoms in total. The van der Waals surface area contributed by atoms with Crippen LogP contribution in [-0.2, 0) is 4.74 Å². The van der Waals surface area contributed by atoms with Gasteiger partial charge in [0.15, 0.2) is 0 Å². The third-order valence-corrected chi connectivity index (χ3v) is 3.64. The lowest BCUT2D eigenvalue weighted by atomic mass is 9.89. The second-order valence-electron chi connectivity index (χ2n) is 4.45. The molecule has 0 aromatic heterocycles. The predicted molar refractivity (Wildman–Crippen MR) is 79.4 cm³/mol. The Morgan fingerprint density at radius 1 is 1.56 bits per heavy atom. The molecule has 18 heavy (non-hydrogen) atoms. The van der Waals surface area contributed by atoms with Gasteiger partial charge in [0.05, 0.1) is 11.1 Å². The van der Waals surface area contributed by atoms with Gasteiger partial charge in [-0.15, -0.1) is 0 Å². The molecule has 0 saturated heterocycles. The van der Waals surface area contributed by atoms with Crippen molar-refractivity contribution in [2.75, 3.05) is 11.9 Å². The first-order chi connectivity index (χ1) is 8.60. The summed E-state index contributed by atoms with van der Waals surface area (Å²) in [5.41, 5.74) is 7.29. The smallest absolute Gasteiger partial charge is 0.105 e. The van der Waals surface area contributed by atoms with Gasteiger partial charge in [-0.1, -0.05) is 23.8 Å². The molecule has 1 fully saturated rings. The van der Waals surface area contributed by atoms with Crippen molar-refractivity contribution in [1.29, 1.82) is 0 Å². The molecule has 3 N–H and O–H groups in total. The first kappa shape index (κ1) is 13.6. The van der Waals surface area contributed by atoms with Crippen LogP contribution in [0.5, 0.6) is 0 Å². The fourth-order valence-electron chi connectivity index (χ4n) is 2.10. The molecule has 0 spiro atoms. The summed E-state index contributed by atoms with van der Waals surface area (Å²) in [6, 6.07) is 6.14. The van der Waals surface area contributed by atoms with E-state index in [1.165, 1.54) is 0 Å². The van der Waals surface area contributed by atoms with E-state index in [0.717, 1.165) is 30.7 Å². The van der Waals surface area contributed by atoms with Crippen LogP contribution >= 0.6 is 23.8 Å². The van der Waals surface area contributed by atoms with Gasteiger partial charge in [0.25, 0.3) is 0 Å². The number of halogens is 1.